The summed E-state index contributed by atoms with van der Waals surface area (Å²) in [6.07, 6.45) is 1.72. The monoisotopic (exact) mass is 474 g/mol. The zero-order valence-electron chi connectivity index (χ0n) is 14.4. The molecule has 0 fully saturated rings. The quantitative estimate of drug-likeness (QED) is 0.383. The Bertz CT molecular complexity index is 1090. The fraction of sp³-hybridized carbons (Fsp3) is 0.0455. The van der Waals surface area contributed by atoms with Crippen LogP contribution in [0.25, 0.3) is 6.08 Å². The number of carbonyl (C=O) groups excluding carboxylic acids is 1. The van der Waals surface area contributed by atoms with Crippen LogP contribution in [-0.4, -0.2) is 5.78 Å². The molecule has 28 heavy (non-hydrogen) atoms. The molecule has 0 unspecified atom stereocenters. The maximum absolute atomic E-state index is 12.6. The molecule has 1 aliphatic rings. The lowest BCUT2D eigenvalue weighted by molar-refractivity contribution is 0.101. The van der Waals surface area contributed by atoms with E-state index in [4.69, 9.17) is 32.7 Å². The predicted molar refractivity (Wildman–Crippen MR) is 114 cm³/mol. The van der Waals surface area contributed by atoms with Crippen molar-refractivity contribution in [1.29, 1.82) is 0 Å². The van der Waals surface area contributed by atoms with Gasteiger partial charge in [0.2, 0.25) is 5.78 Å². The second-order valence-corrected chi connectivity index (χ2v) is 7.87. The Kier molecular flexibility index (Phi) is 5.44. The summed E-state index contributed by atoms with van der Waals surface area (Å²) in [6, 6.07) is 18.1. The molecule has 3 aromatic carbocycles. The second kappa shape index (κ2) is 8.00. The fourth-order valence-electron chi connectivity index (χ4n) is 2.83. The second-order valence-electron chi connectivity index (χ2n) is 6.14. The summed E-state index contributed by atoms with van der Waals surface area (Å²) in [5.74, 6) is 1.15. The third kappa shape index (κ3) is 3.95. The molecule has 140 valence electrons. The number of benzene rings is 3. The molecule has 1 aliphatic heterocycles. The minimum Gasteiger partial charge on any atom is -0.489 e. The first-order valence-corrected chi connectivity index (χ1v) is 9.96. The van der Waals surface area contributed by atoms with Crippen LogP contribution >= 0.6 is 39.1 Å². The number of fused-ring (bicyclic) bond motifs is 1. The molecular weight excluding hydrogens is 463 g/mol. The highest BCUT2D eigenvalue weighted by molar-refractivity contribution is 9.10. The van der Waals surface area contributed by atoms with Gasteiger partial charge in [-0.15, -0.1) is 0 Å². The van der Waals surface area contributed by atoms with Gasteiger partial charge >= 0.3 is 0 Å². The maximum Gasteiger partial charge on any atom is 0.231 e. The minimum atomic E-state index is -0.157. The molecule has 3 nitrogen and oxygen atoms in total. The summed E-state index contributed by atoms with van der Waals surface area (Å²) >= 11 is 15.8. The number of hydrogen-bond donors (Lipinski definition) is 0. The predicted octanol–water partition coefficient (Wildman–Crippen LogP) is 6.95. The Balaban J connectivity index is 1.54. The lowest BCUT2D eigenvalue weighted by Crippen LogP contribution is -1.98. The van der Waals surface area contributed by atoms with Crippen molar-refractivity contribution in [1.82, 2.24) is 0 Å². The van der Waals surface area contributed by atoms with Gasteiger partial charge in [-0.1, -0.05) is 57.3 Å². The number of hydrogen-bond acceptors (Lipinski definition) is 3. The molecule has 0 amide bonds. The zero-order chi connectivity index (χ0) is 19.7. The highest BCUT2D eigenvalue weighted by Crippen LogP contribution is 2.35. The first-order valence-electron chi connectivity index (χ1n) is 8.41. The molecule has 6 heteroatoms. The Hall–Kier alpha value is -2.27. The largest absolute Gasteiger partial charge is 0.489 e. The summed E-state index contributed by atoms with van der Waals surface area (Å²) in [5, 5.41) is 1.08. The van der Waals surface area contributed by atoms with Gasteiger partial charge in [0, 0.05) is 26.1 Å². The molecule has 1 heterocycles. The van der Waals surface area contributed by atoms with Gasteiger partial charge in [-0.05, 0) is 48.0 Å². The van der Waals surface area contributed by atoms with Crippen LogP contribution in [0.5, 0.6) is 11.5 Å². The molecule has 0 aliphatic carbocycles. The van der Waals surface area contributed by atoms with Crippen molar-refractivity contribution < 1.29 is 14.3 Å². The third-order valence-corrected chi connectivity index (χ3v) is 5.43. The van der Waals surface area contributed by atoms with Crippen molar-refractivity contribution in [2.24, 2.45) is 0 Å². The lowest BCUT2D eigenvalue weighted by Gasteiger charge is -2.10. The Labute approximate surface area is 180 Å². The highest BCUT2D eigenvalue weighted by Gasteiger charge is 2.27. The van der Waals surface area contributed by atoms with Crippen molar-refractivity contribution in [3.8, 4) is 11.5 Å². The van der Waals surface area contributed by atoms with Crippen LogP contribution in [0.1, 0.15) is 21.5 Å². The van der Waals surface area contributed by atoms with Gasteiger partial charge in [-0.3, -0.25) is 4.79 Å². The van der Waals surface area contributed by atoms with E-state index in [0.29, 0.717) is 32.7 Å². The van der Waals surface area contributed by atoms with Crippen LogP contribution in [0, 0.1) is 0 Å². The van der Waals surface area contributed by atoms with E-state index in [-0.39, 0.29) is 18.1 Å². The molecular formula is C22H13BrCl2O3. The SMILES string of the molecule is O=C1/C(=C/c2cccc(Br)c2)Oc2cc(OCc3c(Cl)cccc3Cl)ccc21. The molecule has 0 N–H and O–H groups in total. The van der Waals surface area contributed by atoms with Crippen LogP contribution in [0.3, 0.4) is 0 Å². The van der Waals surface area contributed by atoms with E-state index in [1.807, 2.05) is 24.3 Å². The van der Waals surface area contributed by atoms with Crippen molar-refractivity contribution in [2.45, 2.75) is 6.61 Å². The molecule has 4 rings (SSSR count). The first-order chi connectivity index (χ1) is 13.5. The van der Waals surface area contributed by atoms with E-state index < -0.39 is 0 Å². The van der Waals surface area contributed by atoms with Crippen LogP contribution < -0.4 is 9.47 Å². The standard InChI is InChI=1S/C22H13BrCl2O3/c23-14-4-1-3-13(9-14)10-21-22(26)16-8-7-15(11-20(16)28-21)27-12-17-18(24)5-2-6-19(17)25/h1-11H,12H2/b21-10-. The Morgan fingerprint density at radius 2 is 1.75 bits per heavy atom. The summed E-state index contributed by atoms with van der Waals surface area (Å²) in [7, 11) is 0. The average molecular weight is 476 g/mol. The van der Waals surface area contributed by atoms with Gasteiger partial charge in [0.1, 0.15) is 18.1 Å². The van der Waals surface area contributed by atoms with E-state index >= 15 is 0 Å². The van der Waals surface area contributed by atoms with Gasteiger partial charge in [0.05, 0.1) is 5.56 Å². The number of carbonyl (C=O) groups is 1. The normalized spacial score (nSPS) is 14.1. The van der Waals surface area contributed by atoms with Crippen LogP contribution in [0.4, 0.5) is 0 Å². The van der Waals surface area contributed by atoms with E-state index in [1.54, 1.807) is 42.5 Å². The average Bonchev–Trinajstić information content (AvgIpc) is 2.96. The van der Waals surface area contributed by atoms with Crippen LogP contribution in [0.2, 0.25) is 10.0 Å². The van der Waals surface area contributed by atoms with Crippen molar-refractivity contribution in [3.05, 3.63) is 97.6 Å². The zero-order valence-corrected chi connectivity index (χ0v) is 17.5. The first kappa shape index (κ1) is 19.1. The molecule has 0 bridgehead atoms. The third-order valence-electron chi connectivity index (χ3n) is 4.23. The topological polar surface area (TPSA) is 35.5 Å². The molecule has 0 spiro atoms. The Morgan fingerprint density at radius 1 is 1.00 bits per heavy atom. The Morgan fingerprint density at radius 3 is 2.50 bits per heavy atom. The molecule has 0 radical (unpaired) electrons. The highest BCUT2D eigenvalue weighted by atomic mass is 79.9. The molecule has 3 aromatic rings. The van der Waals surface area contributed by atoms with E-state index in [9.17, 15) is 4.79 Å². The van der Waals surface area contributed by atoms with Gasteiger partial charge in [-0.2, -0.15) is 0 Å². The maximum atomic E-state index is 12.6. The number of Topliss-reactive ketones (excluding diaryl/α,β-unsaturated/α-hetero) is 1. The number of ether oxygens (including phenoxy) is 2. The number of ketones is 1. The van der Waals surface area contributed by atoms with Crippen molar-refractivity contribution in [2.75, 3.05) is 0 Å². The van der Waals surface area contributed by atoms with Gasteiger partial charge < -0.3 is 9.47 Å². The number of halogens is 3. The van der Waals surface area contributed by atoms with Crippen molar-refractivity contribution >= 4 is 51.0 Å². The fourth-order valence-corrected chi connectivity index (χ4v) is 3.75. The number of allylic oxidation sites excluding steroid dienone is 1. The van der Waals surface area contributed by atoms with Gasteiger partial charge in [0.15, 0.2) is 5.76 Å². The number of rotatable bonds is 4. The summed E-state index contributed by atoms with van der Waals surface area (Å²) in [5.41, 5.74) is 2.08. The summed E-state index contributed by atoms with van der Waals surface area (Å²) in [6.45, 7) is 0.214. The van der Waals surface area contributed by atoms with E-state index in [2.05, 4.69) is 15.9 Å². The van der Waals surface area contributed by atoms with Crippen LogP contribution in [0.15, 0.2) is 70.9 Å². The van der Waals surface area contributed by atoms with Gasteiger partial charge in [0.25, 0.3) is 0 Å². The molecule has 0 saturated carbocycles. The van der Waals surface area contributed by atoms with E-state index in [0.717, 1.165) is 10.0 Å². The molecule has 0 saturated heterocycles. The molecule has 0 atom stereocenters. The summed E-state index contributed by atoms with van der Waals surface area (Å²) in [4.78, 5) is 12.6. The van der Waals surface area contributed by atoms with E-state index in [1.165, 1.54) is 0 Å². The smallest absolute Gasteiger partial charge is 0.231 e. The minimum absolute atomic E-state index is 0.157. The van der Waals surface area contributed by atoms with Crippen molar-refractivity contribution in [3.63, 3.8) is 0 Å². The van der Waals surface area contributed by atoms with Crippen LogP contribution in [-0.2, 0) is 6.61 Å². The summed E-state index contributed by atoms with van der Waals surface area (Å²) < 4.78 is 12.5. The van der Waals surface area contributed by atoms with Gasteiger partial charge in [-0.25, -0.2) is 0 Å². The lowest BCUT2D eigenvalue weighted by atomic mass is 10.1. The molecule has 0 aromatic heterocycles.